The van der Waals surface area contributed by atoms with Gasteiger partial charge in [0.05, 0.1) is 12.8 Å². The third-order valence-corrected chi connectivity index (χ3v) is 5.37. The van der Waals surface area contributed by atoms with Gasteiger partial charge in [0.15, 0.2) is 11.8 Å². The molecule has 0 fully saturated rings. The molecule has 0 spiro atoms. The Morgan fingerprint density at radius 1 is 0.818 bits per heavy atom. The third-order valence-electron chi connectivity index (χ3n) is 5.37. The van der Waals surface area contributed by atoms with Crippen molar-refractivity contribution in [2.75, 3.05) is 0 Å². The fourth-order valence-corrected chi connectivity index (χ4v) is 3.79. The second kappa shape index (κ2) is 9.97. The molecule has 1 atom stereocenters. The maximum atomic E-state index is 12.9. The van der Waals surface area contributed by atoms with Crippen LogP contribution in [0.5, 0.6) is 5.75 Å². The molecule has 0 amide bonds. The Bertz CT molecular complexity index is 1230. The normalized spacial score (nSPS) is 11.8. The fraction of sp³-hybridized carbons (Fsp3) is 0.111. The van der Waals surface area contributed by atoms with E-state index in [-0.39, 0.29) is 11.4 Å². The van der Waals surface area contributed by atoms with Crippen molar-refractivity contribution in [3.63, 3.8) is 0 Å². The molecular formula is C27H23NO5. The van der Waals surface area contributed by atoms with Crippen molar-refractivity contribution in [1.82, 2.24) is 4.57 Å². The van der Waals surface area contributed by atoms with Crippen LogP contribution in [-0.2, 0) is 11.4 Å². The summed E-state index contributed by atoms with van der Waals surface area (Å²) in [4.78, 5) is 25.1. The molecule has 2 N–H and O–H groups in total. The molecule has 0 aliphatic heterocycles. The molecule has 0 aliphatic rings. The average Bonchev–Trinajstić information content (AvgIpc) is 2.85. The molecule has 0 saturated carbocycles. The van der Waals surface area contributed by atoms with Crippen LogP contribution in [0.2, 0.25) is 0 Å². The summed E-state index contributed by atoms with van der Waals surface area (Å²) in [6, 6.07) is 27.7. The molecule has 0 radical (unpaired) electrons. The van der Waals surface area contributed by atoms with E-state index in [1.165, 1.54) is 16.8 Å². The Balaban J connectivity index is 1.82. The Morgan fingerprint density at radius 2 is 1.30 bits per heavy atom. The number of nitrogens with zero attached hydrogens (tertiary/aromatic N) is 1. The zero-order valence-electron chi connectivity index (χ0n) is 17.7. The van der Waals surface area contributed by atoms with Crippen LogP contribution >= 0.6 is 0 Å². The second-order valence-corrected chi connectivity index (χ2v) is 7.53. The standard InChI is InChI=1S/C27H23NO5/c29-18-22-16-23(30)24(17-28(22)25(27(31)32)19-10-4-1-5-11-19)33-26(20-12-6-2-7-13-20)21-14-8-3-9-15-21/h1-17,25-26,29H,18H2,(H,31,32)/t25-/m0/s1. The van der Waals surface area contributed by atoms with Crippen LogP contribution in [0.3, 0.4) is 0 Å². The number of carboxylic acids is 1. The summed E-state index contributed by atoms with van der Waals surface area (Å²) in [6.07, 6.45) is 0.798. The molecule has 6 heteroatoms. The number of aliphatic hydroxyl groups is 1. The molecule has 6 nitrogen and oxygen atoms in total. The number of rotatable bonds is 8. The molecular weight excluding hydrogens is 418 g/mol. The lowest BCUT2D eigenvalue weighted by molar-refractivity contribution is -0.139. The summed E-state index contributed by atoms with van der Waals surface area (Å²) in [5, 5.41) is 19.8. The zero-order chi connectivity index (χ0) is 23.2. The number of ether oxygens (including phenoxy) is 1. The molecule has 0 unspecified atom stereocenters. The second-order valence-electron chi connectivity index (χ2n) is 7.53. The maximum Gasteiger partial charge on any atom is 0.331 e. The van der Waals surface area contributed by atoms with Gasteiger partial charge in [-0.15, -0.1) is 0 Å². The van der Waals surface area contributed by atoms with Gasteiger partial charge in [-0.05, 0) is 16.7 Å². The van der Waals surface area contributed by atoms with Gasteiger partial charge in [0.25, 0.3) is 0 Å². The van der Waals surface area contributed by atoms with E-state index < -0.39 is 30.2 Å². The highest BCUT2D eigenvalue weighted by Gasteiger charge is 2.25. The first-order valence-corrected chi connectivity index (χ1v) is 10.5. The Kier molecular flexibility index (Phi) is 6.66. The van der Waals surface area contributed by atoms with E-state index in [1.54, 1.807) is 30.3 Å². The van der Waals surface area contributed by atoms with Crippen LogP contribution in [0.15, 0.2) is 108 Å². The van der Waals surface area contributed by atoms with Crippen LogP contribution in [0.25, 0.3) is 0 Å². The van der Waals surface area contributed by atoms with Crippen molar-refractivity contribution in [3.8, 4) is 5.75 Å². The van der Waals surface area contributed by atoms with Crippen LogP contribution in [0.4, 0.5) is 0 Å². The van der Waals surface area contributed by atoms with E-state index in [9.17, 15) is 19.8 Å². The smallest absolute Gasteiger partial charge is 0.331 e. The number of carboxylic acid groups (broad SMARTS) is 1. The molecule has 0 aliphatic carbocycles. The third kappa shape index (κ3) is 4.86. The first kappa shape index (κ1) is 22.0. The quantitative estimate of drug-likeness (QED) is 0.428. The first-order valence-electron chi connectivity index (χ1n) is 10.5. The van der Waals surface area contributed by atoms with Gasteiger partial charge in [-0.25, -0.2) is 4.79 Å². The lowest BCUT2D eigenvalue weighted by atomic mass is 10.0. The number of benzene rings is 3. The highest BCUT2D eigenvalue weighted by molar-refractivity contribution is 5.76. The molecule has 166 valence electrons. The molecule has 33 heavy (non-hydrogen) atoms. The highest BCUT2D eigenvalue weighted by Crippen LogP contribution is 2.29. The van der Waals surface area contributed by atoms with E-state index in [0.29, 0.717) is 5.56 Å². The van der Waals surface area contributed by atoms with Gasteiger partial charge in [0, 0.05) is 11.8 Å². The summed E-state index contributed by atoms with van der Waals surface area (Å²) in [5.41, 5.74) is 1.94. The number of hydrogen-bond acceptors (Lipinski definition) is 4. The average molecular weight is 441 g/mol. The van der Waals surface area contributed by atoms with Gasteiger partial charge >= 0.3 is 5.97 Å². The maximum absolute atomic E-state index is 12.9. The first-order chi connectivity index (χ1) is 16.1. The summed E-state index contributed by atoms with van der Waals surface area (Å²) in [6.45, 7) is -0.493. The predicted octanol–water partition coefficient (Wildman–Crippen LogP) is 4.18. The predicted molar refractivity (Wildman–Crippen MR) is 124 cm³/mol. The van der Waals surface area contributed by atoms with Crippen molar-refractivity contribution in [3.05, 3.63) is 136 Å². The number of aliphatic hydroxyl groups excluding tert-OH is 1. The summed E-state index contributed by atoms with van der Waals surface area (Å²) in [5.74, 6) is -1.12. The van der Waals surface area contributed by atoms with Gasteiger partial charge in [0.1, 0.15) is 6.10 Å². The minimum atomic E-state index is -1.14. The largest absolute Gasteiger partial charge is 0.479 e. The number of aromatic nitrogens is 1. The summed E-state index contributed by atoms with van der Waals surface area (Å²) in [7, 11) is 0. The fourth-order valence-electron chi connectivity index (χ4n) is 3.79. The molecule has 0 bridgehead atoms. The van der Waals surface area contributed by atoms with E-state index in [0.717, 1.165) is 11.1 Å². The Labute approximate surface area is 191 Å². The summed E-state index contributed by atoms with van der Waals surface area (Å²) >= 11 is 0. The van der Waals surface area contributed by atoms with Crippen molar-refractivity contribution >= 4 is 5.97 Å². The van der Waals surface area contributed by atoms with Crippen molar-refractivity contribution < 1.29 is 19.7 Å². The van der Waals surface area contributed by atoms with Gasteiger partial charge in [0.2, 0.25) is 5.43 Å². The lowest BCUT2D eigenvalue weighted by Crippen LogP contribution is -2.26. The minimum Gasteiger partial charge on any atom is -0.479 e. The molecule has 1 heterocycles. The highest BCUT2D eigenvalue weighted by atomic mass is 16.5. The lowest BCUT2D eigenvalue weighted by Gasteiger charge is -2.24. The minimum absolute atomic E-state index is 0.00733. The molecule has 3 aromatic carbocycles. The molecule has 1 aromatic heterocycles. The van der Waals surface area contributed by atoms with Crippen LogP contribution in [0.1, 0.15) is 34.5 Å². The van der Waals surface area contributed by atoms with Crippen molar-refractivity contribution in [2.24, 2.45) is 0 Å². The Morgan fingerprint density at radius 3 is 1.76 bits per heavy atom. The van der Waals surface area contributed by atoms with Gasteiger partial charge < -0.3 is 19.5 Å². The van der Waals surface area contributed by atoms with Gasteiger partial charge in [-0.2, -0.15) is 0 Å². The van der Waals surface area contributed by atoms with Crippen molar-refractivity contribution in [1.29, 1.82) is 0 Å². The van der Waals surface area contributed by atoms with E-state index >= 15 is 0 Å². The number of pyridine rings is 1. The topological polar surface area (TPSA) is 88.8 Å². The summed E-state index contributed by atoms with van der Waals surface area (Å²) < 4.78 is 7.59. The zero-order valence-corrected chi connectivity index (χ0v) is 17.7. The van der Waals surface area contributed by atoms with Crippen molar-refractivity contribution in [2.45, 2.75) is 18.8 Å². The Hall–Kier alpha value is -4.16. The molecule has 0 saturated heterocycles. The van der Waals surface area contributed by atoms with E-state index in [2.05, 4.69) is 0 Å². The monoisotopic (exact) mass is 441 g/mol. The van der Waals surface area contributed by atoms with Crippen LogP contribution < -0.4 is 10.2 Å². The number of carbonyl (C=O) groups is 1. The van der Waals surface area contributed by atoms with E-state index in [1.807, 2.05) is 60.7 Å². The van der Waals surface area contributed by atoms with Gasteiger partial charge in [-0.1, -0.05) is 91.0 Å². The SMILES string of the molecule is O=C(O)[C@H](c1ccccc1)n1cc(OC(c2ccccc2)c2ccccc2)c(=O)cc1CO. The number of hydrogen-bond donors (Lipinski definition) is 2. The van der Waals surface area contributed by atoms with Gasteiger partial charge in [-0.3, -0.25) is 4.79 Å². The molecule has 4 rings (SSSR count). The van der Waals surface area contributed by atoms with E-state index in [4.69, 9.17) is 4.74 Å². The number of aliphatic carboxylic acids is 1. The molecule has 4 aromatic rings. The van der Waals surface area contributed by atoms with Crippen LogP contribution in [-0.4, -0.2) is 20.7 Å². The van der Waals surface area contributed by atoms with Crippen LogP contribution in [0, 0.1) is 0 Å².